The third-order valence-electron chi connectivity index (χ3n) is 7.13. The van der Waals surface area contributed by atoms with Gasteiger partial charge in [-0.05, 0) is 43.7 Å². The highest BCUT2D eigenvalue weighted by Gasteiger charge is 2.34. The Kier molecular flexibility index (Phi) is 4.68. The van der Waals surface area contributed by atoms with Gasteiger partial charge in [-0.2, -0.15) is 0 Å². The summed E-state index contributed by atoms with van der Waals surface area (Å²) in [5.41, 5.74) is 3.77. The van der Waals surface area contributed by atoms with Crippen LogP contribution >= 0.6 is 0 Å². The zero-order chi connectivity index (χ0) is 18.2. The number of H-pyrrole nitrogens is 1. The summed E-state index contributed by atoms with van der Waals surface area (Å²) in [6.45, 7) is 3.92. The van der Waals surface area contributed by atoms with Crippen LogP contribution in [0.3, 0.4) is 0 Å². The second-order valence-electron chi connectivity index (χ2n) is 8.66. The van der Waals surface area contributed by atoms with Gasteiger partial charge in [0.1, 0.15) is 0 Å². The summed E-state index contributed by atoms with van der Waals surface area (Å²) in [6, 6.07) is 9.28. The first kappa shape index (κ1) is 17.3. The van der Waals surface area contributed by atoms with Gasteiger partial charge in [0.05, 0.1) is 5.92 Å². The SMILES string of the molecule is O=C(C1CCCc2c1[nH]c1ccccc21)N1CCN(C2CCCCC2)CC1. The van der Waals surface area contributed by atoms with E-state index in [9.17, 15) is 4.79 Å². The predicted molar refractivity (Wildman–Crippen MR) is 109 cm³/mol. The standard InChI is InChI=1S/C23H31N3O/c27-23(26-15-13-25(14-16-26)17-7-2-1-3-8-17)20-11-6-10-19-18-9-4-5-12-21(18)24-22(19)20/h4-5,9,12,17,20,24H,1-3,6-8,10-11,13-16H2. The van der Waals surface area contributed by atoms with Crippen molar-refractivity contribution in [2.75, 3.05) is 26.2 Å². The fraction of sp³-hybridized carbons (Fsp3) is 0.609. The molecule has 1 aromatic heterocycles. The van der Waals surface area contributed by atoms with Gasteiger partial charge < -0.3 is 9.88 Å². The number of hydrogen-bond donors (Lipinski definition) is 1. The van der Waals surface area contributed by atoms with Crippen LogP contribution in [0, 0.1) is 0 Å². The molecule has 27 heavy (non-hydrogen) atoms. The fourth-order valence-electron chi connectivity index (χ4n) is 5.64. The number of nitrogens with zero attached hydrogens (tertiary/aromatic N) is 2. The van der Waals surface area contributed by atoms with Gasteiger partial charge in [0.2, 0.25) is 5.91 Å². The molecule has 2 fully saturated rings. The lowest BCUT2D eigenvalue weighted by molar-refractivity contribution is -0.135. The minimum Gasteiger partial charge on any atom is -0.357 e. The van der Waals surface area contributed by atoms with Crippen LogP contribution in [0.25, 0.3) is 10.9 Å². The largest absolute Gasteiger partial charge is 0.357 e. The summed E-state index contributed by atoms with van der Waals surface area (Å²) in [7, 11) is 0. The quantitative estimate of drug-likeness (QED) is 0.871. The third kappa shape index (κ3) is 3.18. The number of aromatic nitrogens is 1. The number of nitrogens with one attached hydrogen (secondary N) is 1. The van der Waals surface area contributed by atoms with Crippen molar-refractivity contribution in [2.24, 2.45) is 0 Å². The van der Waals surface area contributed by atoms with Crippen molar-refractivity contribution in [2.45, 2.75) is 63.3 Å². The second-order valence-corrected chi connectivity index (χ2v) is 8.66. The van der Waals surface area contributed by atoms with E-state index in [1.165, 1.54) is 54.3 Å². The lowest BCUT2D eigenvalue weighted by Gasteiger charge is -2.41. The van der Waals surface area contributed by atoms with E-state index in [0.717, 1.165) is 51.5 Å². The first-order valence-corrected chi connectivity index (χ1v) is 10.9. The van der Waals surface area contributed by atoms with Crippen LogP contribution in [0.1, 0.15) is 62.1 Å². The summed E-state index contributed by atoms with van der Waals surface area (Å²) in [5.74, 6) is 0.383. The molecule has 1 saturated carbocycles. The maximum atomic E-state index is 13.4. The van der Waals surface area contributed by atoms with Gasteiger partial charge in [0.15, 0.2) is 0 Å². The molecule has 1 aliphatic heterocycles. The van der Waals surface area contributed by atoms with Crippen molar-refractivity contribution >= 4 is 16.8 Å². The molecule has 1 aromatic carbocycles. The van der Waals surface area contributed by atoms with Crippen LogP contribution in [0.2, 0.25) is 0 Å². The molecule has 2 heterocycles. The van der Waals surface area contributed by atoms with E-state index in [2.05, 4.69) is 39.0 Å². The Hall–Kier alpha value is -1.81. The van der Waals surface area contributed by atoms with Gasteiger partial charge in [-0.1, -0.05) is 37.5 Å². The van der Waals surface area contributed by atoms with Crippen molar-refractivity contribution < 1.29 is 4.79 Å². The molecule has 2 aliphatic carbocycles. The smallest absolute Gasteiger partial charge is 0.231 e. The molecule has 4 heteroatoms. The number of benzene rings is 1. The van der Waals surface area contributed by atoms with E-state index in [0.29, 0.717) is 5.91 Å². The van der Waals surface area contributed by atoms with Crippen LogP contribution in [0.15, 0.2) is 24.3 Å². The van der Waals surface area contributed by atoms with Gasteiger partial charge in [-0.15, -0.1) is 0 Å². The average Bonchev–Trinajstić information content (AvgIpc) is 3.13. The minimum atomic E-state index is 0.0300. The highest BCUT2D eigenvalue weighted by Crippen LogP contribution is 2.37. The number of para-hydroxylation sites is 1. The van der Waals surface area contributed by atoms with Crippen molar-refractivity contribution in [1.29, 1.82) is 0 Å². The molecule has 0 bridgehead atoms. The molecule has 1 amide bonds. The molecule has 0 spiro atoms. The maximum absolute atomic E-state index is 13.4. The van der Waals surface area contributed by atoms with Crippen molar-refractivity contribution in [3.05, 3.63) is 35.5 Å². The third-order valence-corrected chi connectivity index (χ3v) is 7.13. The summed E-state index contributed by atoms with van der Waals surface area (Å²) in [5, 5.41) is 1.31. The van der Waals surface area contributed by atoms with E-state index >= 15 is 0 Å². The van der Waals surface area contributed by atoms with E-state index in [1.807, 2.05) is 0 Å². The summed E-state index contributed by atoms with van der Waals surface area (Å²) < 4.78 is 0. The highest BCUT2D eigenvalue weighted by molar-refractivity contribution is 5.90. The fourth-order valence-corrected chi connectivity index (χ4v) is 5.64. The Labute approximate surface area is 161 Å². The van der Waals surface area contributed by atoms with Crippen LogP contribution in [-0.4, -0.2) is 52.9 Å². The first-order valence-electron chi connectivity index (χ1n) is 10.9. The molecule has 2 aromatic rings. The number of aryl methyl sites for hydroxylation is 1. The van der Waals surface area contributed by atoms with E-state index in [4.69, 9.17) is 0 Å². The number of rotatable bonds is 2. The van der Waals surface area contributed by atoms with Gasteiger partial charge in [0.25, 0.3) is 0 Å². The van der Waals surface area contributed by atoms with Gasteiger partial charge in [0, 0.05) is 48.8 Å². The van der Waals surface area contributed by atoms with Crippen molar-refractivity contribution in [1.82, 2.24) is 14.8 Å². The number of hydrogen-bond acceptors (Lipinski definition) is 2. The molecule has 4 nitrogen and oxygen atoms in total. The Morgan fingerprint density at radius 2 is 1.70 bits per heavy atom. The number of carbonyl (C=O) groups excluding carboxylic acids is 1. The first-order chi connectivity index (χ1) is 13.3. The van der Waals surface area contributed by atoms with Crippen LogP contribution in [0.5, 0.6) is 0 Å². The van der Waals surface area contributed by atoms with Crippen molar-refractivity contribution in [3.63, 3.8) is 0 Å². The highest BCUT2D eigenvalue weighted by atomic mass is 16.2. The van der Waals surface area contributed by atoms with Crippen LogP contribution in [-0.2, 0) is 11.2 Å². The normalized spacial score (nSPS) is 24.9. The summed E-state index contributed by atoms with van der Waals surface area (Å²) in [6.07, 6.45) is 10.1. The summed E-state index contributed by atoms with van der Waals surface area (Å²) >= 11 is 0. The van der Waals surface area contributed by atoms with E-state index in [-0.39, 0.29) is 5.92 Å². The Morgan fingerprint density at radius 1 is 0.926 bits per heavy atom. The minimum absolute atomic E-state index is 0.0300. The molecule has 144 valence electrons. The molecule has 1 saturated heterocycles. The van der Waals surface area contributed by atoms with Gasteiger partial charge in [-0.25, -0.2) is 0 Å². The van der Waals surface area contributed by atoms with Crippen LogP contribution < -0.4 is 0 Å². The van der Waals surface area contributed by atoms with Gasteiger partial charge >= 0.3 is 0 Å². The molecule has 0 radical (unpaired) electrons. The monoisotopic (exact) mass is 365 g/mol. The molecular weight excluding hydrogens is 334 g/mol. The number of piperazine rings is 1. The number of aromatic amines is 1. The lowest BCUT2D eigenvalue weighted by atomic mass is 9.85. The Balaban J connectivity index is 1.30. The topological polar surface area (TPSA) is 39.3 Å². The maximum Gasteiger partial charge on any atom is 0.231 e. The molecule has 1 N–H and O–H groups in total. The molecule has 5 rings (SSSR count). The average molecular weight is 366 g/mol. The molecular formula is C23H31N3O. The van der Waals surface area contributed by atoms with Crippen LogP contribution in [0.4, 0.5) is 0 Å². The predicted octanol–water partition coefficient (Wildman–Crippen LogP) is 4.06. The second kappa shape index (κ2) is 7.31. The Morgan fingerprint density at radius 3 is 2.52 bits per heavy atom. The zero-order valence-electron chi connectivity index (χ0n) is 16.3. The molecule has 3 aliphatic rings. The lowest BCUT2D eigenvalue weighted by Crippen LogP contribution is -2.53. The van der Waals surface area contributed by atoms with Gasteiger partial charge in [-0.3, -0.25) is 9.69 Å². The van der Waals surface area contributed by atoms with Crippen molar-refractivity contribution in [3.8, 4) is 0 Å². The van der Waals surface area contributed by atoms with E-state index in [1.54, 1.807) is 0 Å². The van der Waals surface area contributed by atoms with E-state index < -0.39 is 0 Å². The zero-order valence-corrected chi connectivity index (χ0v) is 16.3. The molecule has 1 atom stereocenters. The summed E-state index contributed by atoms with van der Waals surface area (Å²) in [4.78, 5) is 21.7. The Bertz CT molecular complexity index is 812. The molecule has 1 unspecified atom stereocenters. The number of carbonyl (C=O) groups is 1. The number of amides is 1. The number of fused-ring (bicyclic) bond motifs is 3.